The molecule has 0 amide bonds. The number of ether oxygens (including phenoxy) is 1. The summed E-state index contributed by atoms with van der Waals surface area (Å²) in [6.45, 7) is 2.00. The van der Waals surface area contributed by atoms with E-state index in [0.717, 1.165) is 29.3 Å². The van der Waals surface area contributed by atoms with Crippen LogP contribution in [0.15, 0.2) is 22.7 Å². The molecule has 1 saturated carbocycles. The van der Waals surface area contributed by atoms with E-state index in [4.69, 9.17) is 4.74 Å². The van der Waals surface area contributed by atoms with Gasteiger partial charge in [0.2, 0.25) is 0 Å². The van der Waals surface area contributed by atoms with Crippen molar-refractivity contribution < 1.29 is 4.74 Å². The van der Waals surface area contributed by atoms with E-state index in [1.807, 2.05) is 0 Å². The molecule has 0 bridgehead atoms. The van der Waals surface area contributed by atoms with E-state index < -0.39 is 0 Å². The first-order valence-electron chi connectivity index (χ1n) is 6.99. The molecule has 1 N–H and O–H groups in total. The summed E-state index contributed by atoms with van der Waals surface area (Å²) in [7, 11) is 0. The van der Waals surface area contributed by atoms with Crippen LogP contribution in [0.2, 0.25) is 0 Å². The fourth-order valence-electron chi connectivity index (χ4n) is 2.52. The first-order valence-corrected chi connectivity index (χ1v) is 7.78. The standard InChI is InChI=1S/C15H20BrNO/c16-15-12(13-5-1-2-9-17-13)4-3-6-14(15)18-10-11-7-8-11/h3-4,6,11,13,17H,1-2,5,7-10H2. The Balaban J connectivity index is 1.73. The summed E-state index contributed by atoms with van der Waals surface area (Å²) < 4.78 is 7.06. The molecular formula is C15H20BrNO. The van der Waals surface area contributed by atoms with Crippen molar-refractivity contribution in [2.75, 3.05) is 13.2 Å². The van der Waals surface area contributed by atoms with Crippen molar-refractivity contribution in [3.63, 3.8) is 0 Å². The molecule has 0 radical (unpaired) electrons. The molecule has 2 aliphatic rings. The van der Waals surface area contributed by atoms with Gasteiger partial charge in [-0.15, -0.1) is 0 Å². The van der Waals surface area contributed by atoms with Gasteiger partial charge in [-0.2, -0.15) is 0 Å². The molecule has 3 rings (SSSR count). The Morgan fingerprint density at radius 1 is 1.22 bits per heavy atom. The predicted octanol–water partition coefficient (Wildman–Crippen LogP) is 4.05. The molecule has 2 fully saturated rings. The Bertz CT molecular complexity index is 411. The fraction of sp³-hybridized carbons (Fsp3) is 0.600. The quantitative estimate of drug-likeness (QED) is 0.906. The summed E-state index contributed by atoms with van der Waals surface area (Å²) >= 11 is 3.72. The van der Waals surface area contributed by atoms with Crippen LogP contribution in [0.5, 0.6) is 5.75 Å². The van der Waals surface area contributed by atoms with Crippen molar-refractivity contribution in [3.8, 4) is 5.75 Å². The van der Waals surface area contributed by atoms with E-state index in [0.29, 0.717) is 6.04 Å². The normalized spacial score (nSPS) is 23.9. The SMILES string of the molecule is Brc1c(OCC2CC2)cccc1C1CCCCN1. The highest BCUT2D eigenvalue weighted by Gasteiger charge is 2.23. The van der Waals surface area contributed by atoms with Gasteiger partial charge in [-0.05, 0) is 65.7 Å². The molecule has 1 unspecified atom stereocenters. The van der Waals surface area contributed by atoms with Gasteiger partial charge >= 0.3 is 0 Å². The summed E-state index contributed by atoms with van der Waals surface area (Å²) in [4.78, 5) is 0. The molecule has 0 aromatic heterocycles. The van der Waals surface area contributed by atoms with Crippen molar-refractivity contribution >= 4 is 15.9 Å². The van der Waals surface area contributed by atoms with Gasteiger partial charge in [-0.3, -0.25) is 0 Å². The Hall–Kier alpha value is -0.540. The molecule has 3 heteroatoms. The Morgan fingerprint density at radius 2 is 2.11 bits per heavy atom. The summed E-state index contributed by atoms with van der Waals surface area (Å²) in [6, 6.07) is 6.87. The molecule has 0 spiro atoms. The van der Waals surface area contributed by atoms with E-state index >= 15 is 0 Å². The van der Waals surface area contributed by atoms with Gasteiger partial charge in [-0.1, -0.05) is 18.6 Å². The Kier molecular flexibility index (Phi) is 3.90. The molecule has 1 aromatic carbocycles. The third-order valence-electron chi connectivity index (χ3n) is 3.85. The van der Waals surface area contributed by atoms with Gasteiger partial charge in [0.05, 0.1) is 11.1 Å². The molecule has 1 atom stereocenters. The highest BCUT2D eigenvalue weighted by molar-refractivity contribution is 9.10. The van der Waals surface area contributed by atoms with Crippen LogP contribution >= 0.6 is 15.9 Å². The van der Waals surface area contributed by atoms with Crippen molar-refractivity contribution in [3.05, 3.63) is 28.2 Å². The third kappa shape index (κ3) is 2.89. The second-order valence-corrected chi connectivity index (χ2v) is 6.21. The van der Waals surface area contributed by atoms with Gasteiger partial charge in [0.1, 0.15) is 5.75 Å². The van der Waals surface area contributed by atoms with Crippen LogP contribution in [-0.4, -0.2) is 13.2 Å². The summed E-state index contributed by atoms with van der Waals surface area (Å²) in [6.07, 6.45) is 6.51. The van der Waals surface area contributed by atoms with Gasteiger partial charge in [0.25, 0.3) is 0 Å². The number of halogens is 1. The zero-order valence-electron chi connectivity index (χ0n) is 10.6. The average Bonchev–Trinajstić information content (AvgIpc) is 3.23. The van der Waals surface area contributed by atoms with E-state index in [-0.39, 0.29) is 0 Å². The van der Waals surface area contributed by atoms with E-state index in [9.17, 15) is 0 Å². The molecule has 2 nitrogen and oxygen atoms in total. The second kappa shape index (κ2) is 5.62. The van der Waals surface area contributed by atoms with Gasteiger partial charge in [-0.25, -0.2) is 0 Å². The number of rotatable bonds is 4. The van der Waals surface area contributed by atoms with Crippen LogP contribution in [0.4, 0.5) is 0 Å². The highest BCUT2D eigenvalue weighted by Crippen LogP contribution is 2.37. The minimum Gasteiger partial charge on any atom is -0.492 e. The maximum absolute atomic E-state index is 5.92. The fourth-order valence-corrected chi connectivity index (χ4v) is 3.17. The zero-order chi connectivity index (χ0) is 12.4. The minimum absolute atomic E-state index is 0.484. The maximum atomic E-state index is 5.92. The zero-order valence-corrected chi connectivity index (χ0v) is 12.2. The second-order valence-electron chi connectivity index (χ2n) is 5.42. The lowest BCUT2D eigenvalue weighted by Crippen LogP contribution is -2.27. The molecule has 98 valence electrons. The van der Waals surface area contributed by atoms with E-state index in [1.165, 1.54) is 37.7 Å². The monoisotopic (exact) mass is 309 g/mol. The summed E-state index contributed by atoms with van der Waals surface area (Å²) in [5.74, 6) is 1.81. The van der Waals surface area contributed by atoms with Crippen LogP contribution in [0.25, 0.3) is 0 Å². The lowest BCUT2D eigenvalue weighted by molar-refractivity contribution is 0.296. The molecular weight excluding hydrogens is 290 g/mol. The first kappa shape index (κ1) is 12.5. The topological polar surface area (TPSA) is 21.3 Å². The average molecular weight is 310 g/mol. The number of nitrogens with one attached hydrogen (secondary N) is 1. The number of hydrogen-bond acceptors (Lipinski definition) is 2. The number of hydrogen-bond donors (Lipinski definition) is 1. The molecule has 1 aliphatic heterocycles. The molecule has 1 aromatic rings. The number of piperidine rings is 1. The summed E-state index contributed by atoms with van der Waals surface area (Å²) in [5.41, 5.74) is 1.35. The first-order chi connectivity index (χ1) is 8.84. The Labute approximate surface area is 117 Å². The van der Waals surface area contributed by atoms with E-state index in [1.54, 1.807) is 0 Å². The van der Waals surface area contributed by atoms with Gasteiger partial charge in [0.15, 0.2) is 0 Å². The minimum atomic E-state index is 0.484. The molecule has 1 aliphatic carbocycles. The van der Waals surface area contributed by atoms with Crippen LogP contribution in [0, 0.1) is 5.92 Å². The lowest BCUT2D eigenvalue weighted by atomic mass is 9.97. The van der Waals surface area contributed by atoms with Crippen LogP contribution in [-0.2, 0) is 0 Å². The van der Waals surface area contributed by atoms with Gasteiger partial charge in [0, 0.05) is 6.04 Å². The van der Waals surface area contributed by atoms with Crippen LogP contribution < -0.4 is 10.1 Å². The smallest absolute Gasteiger partial charge is 0.133 e. The van der Waals surface area contributed by atoms with Crippen LogP contribution in [0.1, 0.15) is 43.7 Å². The third-order valence-corrected chi connectivity index (χ3v) is 4.70. The maximum Gasteiger partial charge on any atom is 0.133 e. The van der Waals surface area contributed by atoms with Crippen LogP contribution in [0.3, 0.4) is 0 Å². The molecule has 1 saturated heterocycles. The van der Waals surface area contributed by atoms with Crippen molar-refractivity contribution in [2.45, 2.75) is 38.1 Å². The predicted molar refractivity (Wildman–Crippen MR) is 77.0 cm³/mol. The van der Waals surface area contributed by atoms with E-state index in [2.05, 4.69) is 39.4 Å². The number of benzene rings is 1. The van der Waals surface area contributed by atoms with Crippen molar-refractivity contribution in [2.24, 2.45) is 5.92 Å². The highest BCUT2D eigenvalue weighted by atomic mass is 79.9. The largest absolute Gasteiger partial charge is 0.492 e. The lowest BCUT2D eigenvalue weighted by Gasteiger charge is -2.25. The van der Waals surface area contributed by atoms with Crippen molar-refractivity contribution in [1.29, 1.82) is 0 Å². The molecule has 18 heavy (non-hydrogen) atoms. The Morgan fingerprint density at radius 3 is 2.83 bits per heavy atom. The molecule has 1 heterocycles. The summed E-state index contributed by atoms with van der Waals surface area (Å²) in [5, 5.41) is 3.60. The van der Waals surface area contributed by atoms with Crippen molar-refractivity contribution in [1.82, 2.24) is 5.32 Å². The van der Waals surface area contributed by atoms with Gasteiger partial charge < -0.3 is 10.1 Å².